The second-order valence-electron chi connectivity index (χ2n) is 22.2. The molecule has 3 aliphatic heterocycles. The first kappa shape index (κ1) is 47.8. The van der Waals surface area contributed by atoms with Gasteiger partial charge in [-0.1, -0.05) is 53.2 Å². The molecule has 0 aromatic carbocycles. The Morgan fingerprint density at radius 1 is 0.730 bits per heavy atom. The summed E-state index contributed by atoms with van der Waals surface area (Å²) in [6, 6.07) is 0. The van der Waals surface area contributed by atoms with Crippen molar-refractivity contribution in [1.82, 2.24) is 0 Å². The average Bonchev–Trinajstić information content (AvgIpc) is 3.23. The van der Waals surface area contributed by atoms with Gasteiger partial charge in [-0.3, -0.25) is 4.79 Å². The lowest BCUT2D eigenvalue weighted by Crippen LogP contribution is -2.68. The number of ether oxygens (including phenoxy) is 6. The number of aliphatic hydroxyl groups is 8. The Hall–Kier alpha value is -1.68. The molecule has 358 valence electrons. The van der Waals surface area contributed by atoms with E-state index in [1.54, 1.807) is 0 Å². The van der Waals surface area contributed by atoms with Crippen LogP contribution in [-0.4, -0.2) is 164 Å². The van der Waals surface area contributed by atoms with Gasteiger partial charge in [0.15, 0.2) is 18.9 Å². The fourth-order valence-electron chi connectivity index (χ4n) is 14.4. The van der Waals surface area contributed by atoms with Crippen LogP contribution in [0.15, 0.2) is 11.6 Å². The van der Waals surface area contributed by atoms with Crippen LogP contribution in [0.5, 0.6) is 0 Å². The summed E-state index contributed by atoms with van der Waals surface area (Å²) in [6.07, 6.45) is -11.0. The van der Waals surface area contributed by atoms with E-state index in [1.165, 1.54) is 5.57 Å². The highest BCUT2D eigenvalue weighted by Crippen LogP contribution is 2.76. The average molecular weight is 897 g/mol. The number of hydrogen-bond acceptors (Lipinski definition) is 16. The molecule has 17 nitrogen and oxygen atoms in total. The van der Waals surface area contributed by atoms with Gasteiger partial charge in [-0.15, -0.1) is 0 Å². The number of carbonyl (C=O) groups excluding carboxylic acids is 1. The zero-order valence-electron chi connectivity index (χ0n) is 37.5. The SMILES string of the molecule is CC1(C)CCC2(C(=O)O)CCC3(C)C(=CCC4C5(C)CCC(OC6OC(CO)C(O)C(OC7OCC(O)C(O)C7O)C6OC6OCC(O)C(O)C6O)C(C)(C=O)C5CCC43C)C2C1. The van der Waals surface area contributed by atoms with Crippen molar-refractivity contribution in [2.24, 2.45) is 50.2 Å². The number of aliphatic carboxylic acids is 1. The van der Waals surface area contributed by atoms with E-state index in [-0.39, 0.29) is 39.4 Å². The molecule has 17 heteroatoms. The molecule has 3 saturated heterocycles. The Kier molecular flexibility index (Phi) is 12.8. The molecule has 4 saturated carbocycles. The monoisotopic (exact) mass is 896 g/mol. The van der Waals surface area contributed by atoms with Gasteiger partial charge in [0.05, 0.1) is 36.8 Å². The number of allylic oxidation sites excluding steroid dienone is 2. The highest BCUT2D eigenvalue weighted by molar-refractivity contribution is 5.76. The van der Waals surface area contributed by atoms with E-state index in [4.69, 9.17) is 28.4 Å². The molecule has 63 heavy (non-hydrogen) atoms. The molecule has 7 fully saturated rings. The molecule has 3 heterocycles. The normalized spacial score (nSPS) is 54.4. The van der Waals surface area contributed by atoms with Gasteiger partial charge >= 0.3 is 5.97 Å². The van der Waals surface area contributed by atoms with Crippen LogP contribution in [0, 0.1) is 50.2 Å². The van der Waals surface area contributed by atoms with E-state index in [2.05, 4.69) is 40.7 Å². The van der Waals surface area contributed by atoms with E-state index < -0.39 is 123 Å². The quantitative estimate of drug-likeness (QED) is 0.0893. The second-order valence-corrected chi connectivity index (χ2v) is 22.2. The topological polar surface area (TPSA) is 272 Å². The van der Waals surface area contributed by atoms with Crippen LogP contribution in [-0.2, 0) is 38.0 Å². The third-order valence-corrected chi connectivity index (χ3v) is 18.6. The van der Waals surface area contributed by atoms with Crippen molar-refractivity contribution in [2.45, 2.75) is 192 Å². The zero-order valence-corrected chi connectivity index (χ0v) is 37.5. The Bertz CT molecular complexity index is 1740. The minimum Gasteiger partial charge on any atom is -0.481 e. The summed E-state index contributed by atoms with van der Waals surface area (Å²) in [5.74, 6) is -0.717. The van der Waals surface area contributed by atoms with Crippen molar-refractivity contribution in [3.63, 3.8) is 0 Å². The first-order valence-corrected chi connectivity index (χ1v) is 23.1. The van der Waals surface area contributed by atoms with Crippen LogP contribution in [0.3, 0.4) is 0 Å². The van der Waals surface area contributed by atoms with E-state index in [0.29, 0.717) is 32.1 Å². The number of carboxylic acid groups (broad SMARTS) is 1. The number of aliphatic hydroxyl groups excluding tert-OH is 8. The maximum Gasteiger partial charge on any atom is 0.310 e. The van der Waals surface area contributed by atoms with Crippen LogP contribution in [0.25, 0.3) is 0 Å². The molecule has 0 spiro atoms. The third kappa shape index (κ3) is 7.42. The van der Waals surface area contributed by atoms with Gasteiger partial charge in [-0.2, -0.15) is 0 Å². The highest BCUT2D eigenvalue weighted by atomic mass is 16.8. The molecule has 8 aliphatic rings. The molecule has 8 rings (SSSR count). The zero-order chi connectivity index (χ0) is 45.8. The molecule has 0 aromatic rings. The van der Waals surface area contributed by atoms with E-state index >= 15 is 0 Å². The van der Waals surface area contributed by atoms with Gasteiger partial charge in [0.2, 0.25) is 0 Å². The van der Waals surface area contributed by atoms with E-state index in [9.17, 15) is 55.5 Å². The molecule has 5 aliphatic carbocycles. The van der Waals surface area contributed by atoms with Crippen molar-refractivity contribution in [3.05, 3.63) is 11.6 Å². The van der Waals surface area contributed by atoms with Crippen LogP contribution in [0.2, 0.25) is 0 Å². The summed E-state index contributed by atoms with van der Waals surface area (Å²) >= 11 is 0. The molecule has 0 aromatic heterocycles. The number of rotatable bonds is 9. The van der Waals surface area contributed by atoms with Crippen molar-refractivity contribution < 1.29 is 84.0 Å². The molecule has 9 N–H and O–H groups in total. The van der Waals surface area contributed by atoms with Crippen LogP contribution in [0.1, 0.15) is 106 Å². The maximum absolute atomic E-state index is 13.8. The lowest BCUT2D eigenvalue weighted by Gasteiger charge is -2.71. The standard InChI is InChI=1S/C46H72O17/c1-41(2)13-15-46(40(56)57)16-14-44(5)22(23(46)17-41)7-8-28-42(3)11-10-29(43(4,21-48)27(42)9-12-45(28,44)6)61-39-36(63-38-34(55)31(52)25(50)20-59-38)35(32(53)26(18-47)60-39)62-37-33(54)30(51)24(49)19-58-37/h7,21,23-39,47,49-55H,8-20H2,1-6H3,(H,56,57). The van der Waals surface area contributed by atoms with Crippen LogP contribution in [0.4, 0.5) is 0 Å². The second kappa shape index (κ2) is 16.8. The van der Waals surface area contributed by atoms with Gasteiger partial charge in [0, 0.05) is 0 Å². The first-order chi connectivity index (χ1) is 29.5. The Balaban J connectivity index is 1.10. The molecule has 0 amide bonds. The fourth-order valence-corrected chi connectivity index (χ4v) is 14.4. The highest BCUT2D eigenvalue weighted by Gasteiger charge is 2.70. The summed E-state index contributed by atoms with van der Waals surface area (Å²) in [5.41, 5.74) is -1.27. The van der Waals surface area contributed by atoms with Crippen molar-refractivity contribution in [3.8, 4) is 0 Å². The Labute approximate surface area is 369 Å². The van der Waals surface area contributed by atoms with Gasteiger partial charge in [-0.25, -0.2) is 0 Å². The van der Waals surface area contributed by atoms with Gasteiger partial charge in [0.1, 0.15) is 67.3 Å². The predicted octanol–water partition coefficient (Wildman–Crippen LogP) is 1.16. The van der Waals surface area contributed by atoms with Gasteiger partial charge in [-0.05, 0) is 104 Å². The molecular formula is C46H72O17. The number of fused-ring (bicyclic) bond motifs is 7. The molecular weight excluding hydrogens is 824 g/mol. The van der Waals surface area contributed by atoms with Crippen molar-refractivity contribution in [1.29, 1.82) is 0 Å². The summed E-state index contributed by atoms with van der Waals surface area (Å²) in [5, 5.41) is 95.8. The van der Waals surface area contributed by atoms with Gasteiger partial charge < -0.3 is 79.2 Å². The predicted molar refractivity (Wildman–Crippen MR) is 219 cm³/mol. The minimum absolute atomic E-state index is 0.0335. The molecule has 0 bridgehead atoms. The number of hydrogen-bond donors (Lipinski definition) is 9. The summed E-state index contributed by atoms with van der Waals surface area (Å²) in [6.45, 7) is 11.9. The van der Waals surface area contributed by atoms with Crippen LogP contribution < -0.4 is 0 Å². The number of carbonyl (C=O) groups is 2. The molecule has 22 unspecified atom stereocenters. The maximum atomic E-state index is 13.8. The Morgan fingerprint density at radius 3 is 1.92 bits per heavy atom. The lowest BCUT2D eigenvalue weighted by molar-refractivity contribution is -0.390. The number of carboxylic acids is 1. The van der Waals surface area contributed by atoms with E-state index in [1.807, 2.05) is 6.92 Å². The lowest BCUT2D eigenvalue weighted by atomic mass is 9.33. The smallest absolute Gasteiger partial charge is 0.310 e. The van der Waals surface area contributed by atoms with Crippen LogP contribution >= 0.6 is 0 Å². The largest absolute Gasteiger partial charge is 0.481 e. The summed E-state index contributed by atoms with van der Waals surface area (Å²) in [4.78, 5) is 26.9. The van der Waals surface area contributed by atoms with Gasteiger partial charge in [0.25, 0.3) is 0 Å². The first-order valence-electron chi connectivity index (χ1n) is 23.1. The van der Waals surface area contributed by atoms with Crippen molar-refractivity contribution >= 4 is 12.3 Å². The minimum atomic E-state index is -1.79. The third-order valence-electron chi connectivity index (χ3n) is 18.6. The summed E-state index contributed by atoms with van der Waals surface area (Å²) in [7, 11) is 0. The van der Waals surface area contributed by atoms with E-state index in [0.717, 1.165) is 38.4 Å². The summed E-state index contributed by atoms with van der Waals surface area (Å²) < 4.78 is 36.4. The molecule has 22 atom stereocenters. The van der Waals surface area contributed by atoms with Crippen molar-refractivity contribution in [2.75, 3.05) is 19.8 Å². The number of aldehydes is 1. The molecule has 0 radical (unpaired) electrons. The fraction of sp³-hybridized carbons (Fsp3) is 0.913. The Morgan fingerprint density at radius 2 is 1.33 bits per heavy atom.